The first kappa shape index (κ1) is 13.0. The van der Waals surface area contributed by atoms with E-state index in [1.807, 2.05) is 6.92 Å². The van der Waals surface area contributed by atoms with Crippen LogP contribution in [0.25, 0.3) is 0 Å². The average molecular weight is 254 g/mol. The van der Waals surface area contributed by atoms with E-state index < -0.39 is 11.9 Å². The van der Waals surface area contributed by atoms with Gasteiger partial charge in [0.1, 0.15) is 0 Å². The molecule has 0 amide bonds. The van der Waals surface area contributed by atoms with Crippen LogP contribution >= 0.6 is 11.6 Å². The third kappa shape index (κ3) is 3.23. The quantitative estimate of drug-likeness (QED) is 0.773. The monoisotopic (exact) mass is 253 g/mol. The highest BCUT2D eigenvalue weighted by Crippen LogP contribution is 2.27. The summed E-state index contributed by atoms with van der Waals surface area (Å²) < 4.78 is 36.6. The van der Waals surface area contributed by atoms with Crippen LogP contribution in [-0.2, 0) is 6.18 Å². The van der Waals surface area contributed by atoms with E-state index in [0.717, 1.165) is 6.07 Å². The second kappa shape index (κ2) is 5.34. The highest BCUT2D eigenvalue weighted by atomic mass is 35.5. The second-order valence-electron chi connectivity index (χ2n) is 3.04. The Labute approximate surface area is 96.2 Å². The molecule has 1 aromatic heterocycles. The molecule has 0 bridgehead atoms. The Morgan fingerprint density at radius 3 is 2.38 bits per heavy atom. The Kier molecular flexibility index (Phi) is 4.35. The lowest BCUT2D eigenvalue weighted by Gasteiger charge is -2.20. The lowest BCUT2D eigenvalue weighted by atomic mass is 10.3. The van der Waals surface area contributed by atoms with Crippen LogP contribution in [0, 0.1) is 0 Å². The molecule has 0 saturated carbocycles. The molecular formula is C9H11ClF3N3. The Morgan fingerprint density at radius 2 is 2.00 bits per heavy atom. The van der Waals surface area contributed by atoms with E-state index in [0.29, 0.717) is 24.8 Å². The van der Waals surface area contributed by atoms with Crippen molar-refractivity contribution in [3.8, 4) is 0 Å². The molecule has 0 N–H and O–H groups in total. The molecule has 0 aliphatic rings. The van der Waals surface area contributed by atoms with Crippen molar-refractivity contribution < 1.29 is 13.2 Å². The number of nitrogens with zero attached hydrogens (tertiary/aromatic N) is 3. The molecule has 7 heteroatoms. The van der Waals surface area contributed by atoms with E-state index in [-0.39, 0.29) is 0 Å². The first-order valence-electron chi connectivity index (χ1n) is 4.71. The average Bonchev–Trinajstić information content (AvgIpc) is 2.25. The highest BCUT2D eigenvalue weighted by Gasteiger charge is 2.33. The lowest BCUT2D eigenvalue weighted by Crippen LogP contribution is -2.26. The Hall–Kier alpha value is -1.04. The van der Waals surface area contributed by atoms with E-state index >= 15 is 0 Å². The summed E-state index contributed by atoms with van der Waals surface area (Å²) in [7, 11) is 0. The number of hydrogen-bond acceptors (Lipinski definition) is 3. The van der Waals surface area contributed by atoms with Crippen molar-refractivity contribution in [3.05, 3.63) is 17.8 Å². The molecule has 1 aromatic rings. The molecule has 1 rings (SSSR count). The molecule has 0 radical (unpaired) electrons. The summed E-state index contributed by atoms with van der Waals surface area (Å²) in [5.41, 5.74) is -0.988. The Morgan fingerprint density at radius 1 is 1.31 bits per heavy atom. The fourth-order valence-electron chi connectivity index (χ4n) is 1.18. The van der Waals surface area contributed by atoms with Gasteiger partial charge in [-0.05, 0) is 19.1 Å². The number of halogens is 4. The smallest absolute Gasteiger partial charge is 0.354 e. The molecular weight excluding hydrogens is 243 g/mol. The largest absolute Gasteiger partial charge is 0.435 e. The van der Waals surface area contributed by atoms with Crippen molar-refractivity contribution in [3.63, 3.8) is 0 Å². The molecule has 0 atom stereocenters. The minimum Gasteiger partial charge on any atom is -0.354 e. The summed E-state index contributed by atoms with van der Waals surface area (Å²) in [6.07, 6.45) is -4.45. The minimum atomic E-state index is -4.45. The predicted molar refractivity (Wildman–Crippen MR) is 55.6 cm³/mol. The molecule has 3 nitrogen and oxygen atoms in total. The van der Waals surface area contributed by atoms with Gasteiger partial charge in [0.15, 0.2) is 11.5 Å². The van der Waals surface area contributed by atoms with Crippen LogP contribution in [0.1, 0.15) is 12.6 Å². The van der Waals surface area contributed by atoms with Gasteiger partial charge in [-0.3, -0.25) is 0 Å². The fourth-order valence-corrected chi connectivity index (χ4v) is 1.39. The van der Waals surface area contributed by atoms with Gasteiger partial charge in [0.25, 0.3) is 0 Å². The van der Waals surface area contributed by atoms with Gasteiger partial charge in [-0.2, -0.15) is 13.2 Å². The summed E-state index contributed by atoms with van der Waals surface area (Å²) in [4.78, 5) is 1.75. The number of rotatable bonds is 4. The highest BCUT2D eigenvalue weighted by molar-refractivity contribution is 6.18. The zero-order valence-corrected chi connectivity index (χ0v) is 9.39. The van der Waals surface area contributed by atoms with Gasteiger partial charge < -0.3 is 4.90 Å². The number of alkyl halides is 4. The number of aromatic nitrogens is 2. The zero-order chi connectivity index (χ0) is 12.2. The molecule has 16 heavy (non-hydrogen) atoms. The van der Waals surface area contributed by atoms with Crippen LogP contribution in [-0.4, -0.2) is 29.2 Å². The van der Waals surface area contributed by atoms with E-state index in [4.69, 9.17) is 11.6 Å². The van der Waals surface area contributed by atoms with Crippen molar-refractivity contribution in [1.29, 1.82) is 0 Å². The maximum atomic E-state index is 12.2. The van der Waals surface area contributed by atoms with Gasteiger partial charge in [0.05, 0.1) is 0 Å². The molecule has 1 heterocycles. The second-order valence-corrected chi connectivity index (χ2v) is 3.42. The standard InChI is InChI=1S/C9H11ClF3N3/c1-2-16(6-5-10)8-4-3-7(14-15-8)9(11,12)13/h3-4H,2,5-6H2,1H3. The van der Waals surface area contributed by atoms with Gasteiger partial charge in [0.2, 0.25) is 0 Å². The van der Waals surface area contributed by atoms with Gasteiger partial charge in [-0.1, -0.05) is 0 Å². The maximum Gasteiger partial charge on any atom is 0.435 e. The van der Waals surface area contributed by atoms with Crippen LogP contribution in [0.2, 0.25) is 0 Å². The van der Waals surface area contributed by atoms with E-state index in [2.05, 4.69) is 10.2 Å². The first-order chi connectivity index (χ1) is 7.49. The molecule has 0 aliphatic carbocycles. The Balaban J connectivity index is 2.85. The van der Waals surface area contributed by atoms with Gasteiger partial charge in [-0.15, -0.1) is 21.8 Å². The van der Waals surface area contributed by atoms with Crippen LogP contribution < -0.4 is 4.90 Å². The van der Waals surface area contributed by atoms with Gasteiger partial charge in [0, 0.05) is 19.0 Å². The molecule has 0 aliphatic heterocycles. The van der Waals surface area contributed by atoms with Gasteiger partial charge in [-0.25, -0.2) is 0 Å². The number of hydrogen-bond donors (Lipinski definition) is 0. The van der Waals surface area contributed by atoms with Crippen molar-refractivity contribution in [2.24, 2.45) is 0 Å². The third-order valence-corrected chi connectivity index (χ3v) is 2.17. The lowest BCUT2D eigenvalue weighted by molar-refractivity contribution is -0.141. The first-order valence-corrected chi connectivity index (χ1v) is 5.24. The predicted octanol–water partition coefficient (Wildman–Crippen LogP) is 2.56. The summed E-state index contributed by atoms with van der Waals surface area (Å²) in [6, 6.07) is 2.21. The summed E-state index contributed by atoms with van der Waals surface area (Å²) in [5, 5.41) is 6.67. The van der Waals surface area contributed by atoms with Crippen molar-refractivity contribution in [1.82, 2.24) is 10.2 Å². The van der Waals surface area contributed by atoms with Crippen molar-refractivity contribution in [2.75, 3.05) is 23.9 Å². The molecule has 0 spiro atoms. The van der Waals surface area contributed by atoms with Crippen LogP contribution in [0.3, 0.4) is 0 Å². The van der Waals surface area contributed by atoms with E-state index in [1.54, 1.807) is 4.90 Å². The van der Waals surface area contributed by atoms with E-state index in [1.165, 1.54) is 6.07 Å². The zero-order valence-electron chi connectivity index (χ0n) is 8.63. The maximum absolute atomic E-state index is 12.2. The summed E-state index contributed by atoms with van der Waals surface area (Å²) in [6.45, 7) is 3.01. The molecule has 0 saturated heterocycles. The summed E-state index contributed by atoms with van der Waals surface area (Å²) >= 11 is 5.56. The number of anilines is 1. The minimum absolute atomic E-state index is 0.385. The topological polar surface area (TPSA) is 29.0 Å². The normalized spacial score (nSPS) is 11.6. The fraction of sp³-hybridized carbons (Fsp3) is 0.556. The SMILES string of the molecule is CCN(CCCl)c1ccc(C(F)(F)F)nn1. The van der Waals surface area contributed by atoms with E-state index in [9.17, 15) is 13.2 Å². The molecule has 90 valence electrons. The summed E-state index contributed by atoms with van der Waals surface area (Å²) in [5.74, 6) is 0.785. The molecule has 0 aromatic carbocycles. The van der Waals surface area contributed by atoms with Crippen LogP contribution in [0.15, 0.2) is 12.1 Å². The van der Waals surface area contributed by atoms with Gasteiger partial charge >= 0.3 is 6.18 Å². The molecule has 0 unspecified atom stereocenters. The third-order valence-electron chi connectivity index (χ3n) is 2.00. The molecule has 0 fully saturated rings. The van der Waals surface area contributed by atoms with Crippen LogP contribution in [0.4, 0.5) is 19.0 Å². The van der Waals surface area contributed by atoms with Crippen LogP contribution in [0.5, 0.6) is 0 Å². The Bertz CT molecular complexity index is 326. The van der Waals surface area contributed by atoms with Crippen molar-refractivity contribution >= 4 is 17.4 Å². The van der Waals surface area contributed by atoms with Crippen molar-refractivity contribution in [2.45, 2.75) is 13.1 Å².